The van der Waals surface area contributed by atoms with Crippen LogP contribution >= 0.6 is 0 Å². The van der Waals surface area contributed by atoms with E-state index in [-0.39, 0.29) is 5.04 Å². The average molecular weight is 316 g/mol. The molecule has 0 saturated heterocycles. The van der Waals surface area contributed by atoms with Crippen LogP contribution in [0.15, 0.2) is 0 Å². The quantitative estimate of drug-likeness (QED) is 0.636. The van der Waals surface area contributed by atoms with Crippen molar-refractivity contribution in [3.05, 3.63) is 0 Å². The van der Waals surface area contributed by atoms with Crippen LogP contribution in [0, 0.1) is 5.92 Å². The van der Waals surface area contributed by atoms with E-state index in [9.17, 15) is 0 Å². The van der Waals surface area contributed by atoms with Crippen molar-refractivity contribution in [3.8, 4) is 0 Å². The summed E-state index contributed by atoms with van der Waals surface area (Å²) in [6.07, 6.45) is 6.63. The highest BCUT2D eigenvalue weighted by Gasteiger charge is 2.60. The topological polar surface area (TPSA) is 21.7 Å². The first-order valence-corrected chi connectivity index (χ1v) is 10.4. The van der Waals surface area contributed by atoms with Crippen molar-refractivity contribution in [2.45, 2.75) is 90.8 Å². The minimum Gasteiger partial charge on any atom is -0.386 e. The summed E-state index contributed by atoms with van der Waals surface area (Å²) in [6.45, 7) is 13.8. The molecule has 21 heavy (non-hydrogen) atoms. The predicted molar refractivity (Wildman–Crippen MR) is 92.5 cm³/mol. The summed E-state index contributed by atoms with van der Waals surface area (Å²) in [6, 6.07) is 1.07. The van der Waals surface area contributed by atoms with Crippen molar-refractivity contribution in [2.24, 2.45) is 5.92 Å². The minimum absolute atomic E-state index is 0.0399. The maximum atomic E-state index is 6.23. The van der Waals surface area contributed by atoms with E-state index in [1.807, 2.05) is 14.2 Å². The Bertz CT molecular complexity index is 308. The van der Waals surface area contributed by atoms with Gasteiger partial charge in [0.2, 0.25) is 0 Å². The molecule has 4 heteroatoms. The molecular formula is C17H37NO2Si. The molecule has 0 aromatic carbocycles. The second kappa shape index (κ2) is 7.58. The lowest BCUT2D eigenvalue weighted by molar-refractivity contribution is 0.0705. The second-order valence-corrected chi connectivity index (χ2v) is 11.4. The van der Waals surface area contributed by atoms with Gasteiger partial charge in [-0.2, -0.15) is 0 Å². The molecule has 0 unspecified atom stereocenters. The molecule has 3 nitrogen and oxygen atoms in total. The number of nitrogens with zero attached hydrogens (tertiary/aromatic N) is 1. The third kappa shape index (κ3) is 3.54. The molecule has 0 amide bonds. The zero-order chi connectivity index (χ0) is 16.3. The van der Waals surface area contributed by atoms with Crippen LogP contribution in [0.3, 0.4) is 0 Å². The maximum absolute atomic E-state index is 6.23. The van der Waals surface area contributed by atoms with E-state index in [2.05, 4.69) is 46.1 Å². The summed E-state index contributed by atoms with van der Waals surface area (Å²) in [5.41, 5.74) is 0. The molecule has 1 saturated carbocycles. The highest BCUT2D eigenvalue weighted by Crippen LogP contribution is 2.48. The highest BCUT2D eigenvalue weighted by atomic mass is 28.4. The Balaban J connectivity index is 3.25. The monoisotopic (exact) mass is 315 g/mol. The Hall–Kier alpha value is 0.0969. The van der Waals surface area contributed by atoms with Crippen molar-refractivity contribution >= 4 is 8.72 Å². The van der Waals surface area contributed by atoms with Crippen LogP contribution in [0.4, 0.5) is 0 Å². The van der Waals surface area contributed by atoms with Gasteiger partial charge in [0.25, 0.3) is 0 Å². The fourth-order valence-electron chi connectivity index (χ4n) is 3.88. The third-order valence-corrected chi connectivity index (χ3v) is 10.5. The molecule has 1 aliphatic rings. The molecule has 1 fully saturated rings. The van der Waals surface area contributed by atoms with Crippen LogP contribution in [0.5, 0.6) is 0 Å². The maximum Gasteiger partial charge on any atom is 0.433 e. The van der Waals surface area contributed by atoms with Crippen LogP contribution in [0.2, 0.25) is 5.04 Å². The summed E-state index contributed by atoms with van der Waals surface area (Å²) in [5.74, 6) is 0.522. The van der Waals surface area contributed by atoms with Gasteiger partial charge in [0.1, 0.15) is 0 Å². The van der Waals surface area contributed by atoms with Crippen LogP contribution in [-0.4, -0.2) is 39.6 Å². The highest BCUT2D eigenvalue weighted by molar-refractivity contribution is 6.68. The van der Waals surface area contributed by atoms with Crippen molar-refractivity contribution < 1.29 is 8.85 Å². The Labute approximate surface area is 133 Å². The molecule has 0 bridgehead atoms. The lowest BCUT2D eigenvalue weighted by Gasteiger charge is -2.54. The molecule has 0 spiro atoms. The van der Waals surface area contributed by atoms with E-state index in [4.69, 9.17) is 8.85 Å². The van der Waals surface area contributed by atoms with Crippen LogP contribution in [0.1, 0.15) is 73.6 Å². The first kappa shape index (κ1) is 19.1. The van der Waals surface area contributed by atoms with Crippen molar-refractivity contribution in [1.29, 1.82) is 0 Å². The normalized spacial score (nSPS) is 19.0. The van der Waals surface area contributed by atoms with Crippen LogP contribution in [-0.2, 0) is 8.85 Å². The molecule has 126 valence electrons. The Morgan fingerprint density at radius 2 is 1.43 bits per heavy atom. The lowest BCUT2D eigenvalue weighted by atomic mass is 9.95. The Morgan fingerprint density at radius 1 is 0.952 bits per heavy atom. The zero-order valence-electron chi connectivity index (χ0n) is 15.5. The predicted octanol–water partition coefficient (Wildman–Crippen LogP) is 4.70. The molecule has 0 N–H and O–H groups in total. The van der Waals surface area contributed by atoms with E-state index in [1.54, 1.807) is 0 Å². The molecule has 0 atom stereocenters. The lowest BCUT2D eigenvalue weighted by Crippen LogP contribution is -2.69. The molecule has 1 aliphatic carbocycles. The molecule has 0 aromatic rings. The standard InChI is InChI=1S/C17H37NO2Si/c1-14(2)17(5,6)21(19-7,20-8)18(15(3)4)16-12-10-9-11-13-16/h14-16H,9-13H2,1-8H3. The fourth-order valence-corrected chi connectivity index (χ4v) is 8.33. The van der Waals surface area contributed by atoms with Gasteiger partial charge in [-0.15, -0.1) is 0 Å². The molecule has 0 heterocycles. The number of hydrogen-bond acceptors (Lipinski definition) is 3. The van der Waals surface area contributed by atoms with Crippen molar-refractivity contribution in [2.75, 3.05) is 14.2 Å². The largest absolute Gasteiger partial charge is 0.433 e. The van der Waals surface area contributed by atoms with Gasteiger partial charge in [-0.3, -0.25) is 4.57 Å². The van der Waals surface area contributed by atoms with E-state index in [1.165, 1.54) is 32.1 Å². The zero-order valence-corrected chi connectivity index (χ0v) is 16.5. The van der Waals surface area contributed by atoms with Gasteiger partial charge >= 0.3 is 8.72 Å². The summed E-state index contributed by atoms with van der Waals surface area (Å²) < 4.78 is 15.1. The molecule has 0 aliphatic heterocycles. The third-order valence-electron chi connectivity index (χ3n) is 5.68. The Kier molecular flexibility index (Phi) is 6.91. The first-order valence-electron chi connectivity index (χ1n) is 8.63. The van der Waals surface area contributed by atoms with E-state index >= 15 is 0 Å². The van der Waals surface area contributed by atoms with E-state index in [0.717, 1.165) is 0 Å². The van der Waals surface area contributed by atoms with Gasteiger partial charge in [0.15, 0.2) is 0 Å². The molecular weight excluding hydrogens is 278 g/mol. The summed E-state index contributed by atoms with van der Waals surface area (Å²) in [5, 5.41) is 0.0399. The van der Waals surface area contributed by atoms with Gasteiger partial charge in [-0.1, -0.05) is 60.8 Å². The van der Waals surface area contributed by atoms with Gasteiger partial charge in [0.05, 0.1) is 0 Å². The minimum atomic E-state index is -2.48. The number of hydrogen-bond donors (Lipinski definition) is 0. The van der Waals surface area contributed by atoms with Gasteiger partial charge in [-0.05, 0) is 18.8 Å². The van der Waals surface area contributed by atoms with Crippen molar-refractivity contribution in [3.63, 3.8) is 0 Å². The smallest absolute Gasteiger partial charge is 0.386 e. The van der Waals surface area contributed by atoms with E-state index in [0.29, 0.717) is 18.0 Å². The van der Waals surface area contributed by atoms with Crippen LogP contribution < -0.4 is 0 Å². The fraction of sp³-hybridized carbons (Fsp3) is 1.00. The molecule has 0 aromatic heterocycles. The first-order chi connectivity index (χ1) is 9.74. The van der Waals surface area contributed by atoms with Gasteiger partial charge in [-0.25, -0.2) is 0 Å². The number of rotatable bonds is 7. The van der Waals surface area contributed by atoms with E-state index < -0.39 is 8.72 Å². The second-order valence-electron chi connectivity index (χ2n) is 7.66. The summed E-state index contributed by atoms with van der Waals surface area (Å²) in [7, 11) is 1.24. The van der Waals surface area contributed by atoms with Gasteiger partial charge < -0.3 is 8.85 Å². The SMILES string of the molecule is CO[Si](OC)(N(C(C)C)C1CCCCC1)C(C)(C)C(C)C. The van der Waals surface area contributed by atoms with Crippen molar-refractivity contribution in [1.82, 2.24) is 4.57 Å². The molecule has 1 rings (SSSR count). The summed E-state index contributed by atoms with van der Waals surface area (Å²) >= 11 is 0. The Morgan fingerprint density at radius 3 is 1.76 bits per heavy atom. The average Bonchev–Trinajstić information content (AvgIpc) is 2.44. The molecule has 0 radical (unpaired) electrons. The summed E-state index contributed by atoms with van der Waals surface area (Å²) in [4.78, 5) is 0. The van der Waals surface area contributed by atoms with Crippen LogP contribution in [0.25, 0.3) is 0 Å². The van der Waals surface area contributed by atoms with Gasteiger partial charge in [0, 0.05) is 31.3 Å².